The monoisotopic (exact) mass is 603 g/mol. The van der Waals surface area contributed by atoms with E-state index in [2.05, 4.69) is 10.3 Å². The first-order valence-corrected chi connectivity index (χ1v) is 15.2. The van der Waals surface area contributed by atoms with Gasteiger partial charge >= 0.3 is 5.69 Å². The lowest BCUT2D eigenvalue weighted by atomic mass is 10.1. The van der Waals surface area contributed by atoms with Crippen LogP contribution in [0.2, 0.25) is 0 Å². The SMILES string of the molecule is O=c1nc(NCc2ccccc2)ccn1C1OC(COCc2ccccc2)C(OCc2ccccc2)C1OCc1ccccc1. The van der Waals surface area contributed by atoms with Crippen LogP contribution in [0.15, 0.2) is 138 Å². The Morgan fingerprint density at radius 3 is 1.71 bits per heavy atom. The Labute approximate surface area is 263 Å². The summed E-state index contributed by atoms with van der Waals surface area (Å²) in [6.45, 7) is 1.92. The number of hydrogen-bond acceptors (Lipinski definition) is 7. The van der Waals surface area contributed by atoms with Crippen LogP contribution in [0.3, 0.4) is 0 Å². The van der Waals surface area contributed by atoms with Crippen molar-refractivity contribution in [2.75, 3.05) is 11.9 Å². The van der Waals surface area contributed by atoms with Crippen molar-refractivity contribution in [2.24, 2.45) is 0 Å². The molecule has 4 atom stereocenters. The summed E-state index contributed by atoms with van der Waals surface area (Å²) in [4.78, 5) is 17.8. The van der Waals surface area contributed by atoms with Crippen LogP contribution < -0.4 is 11.0 Å². The van der Waals surface area contributed by atoms with Crippen molar-refractivity contribution in [2.45, 2.75) is 50.9 Å². The normalized spacial score (nSPS) is 19.4. The molecule has 0 saturated carbocycles. The molecule has 1 N–H and O–H groups in total. The number of nitrogens with one attached hydrogen (secondary N) is 1. The maximum Gasteiger partial charge on any atom is 0.351 e. The quantitative estimate of drug-likeness (QED) is 0.163. The summed E-state index contributed by atoms with van der Waals surface area (Å²) in [6.07, 6.45) is -0.693. The molecule has 1 aromatic heterocycles. The Bertz CT molecular complexity index is 1650. The van der Waals surface area contributed by atoms with Crippen LogP contribution in [0.4, 0.5) is 5.82 Å². The van der Waals surface area contributed by atoms with Crippen LogP contribution in [0, 0.1) is 0 Å². The summed E-state index contributed by atoms with van der Waals surface area (Å²) in [6, 6.07) is 41.6. The van der Waals surface area contributed by atoms with Gasteiger partial charge in [-0.2, -0.15) is 4.98 Å². The molecule has 1 aliphatic rings. The van der Waals surface area contributed by atoms with Crippen molar-refractivity contribution in [3.8, 4) is 0 Å². The number of anilines is 1. The van der Waals surface area contributed by atoms with Gasteiger partial charge in [0.15, 0.2) is 6.23 Å². The number of ether oxygens (including phenoxy) is 4. The maximum absolute atomic E-state index is 13.5. The van der Waals surface area contributed by atoms with Crippen molar-refractivity contribution >= 4 is 5.82 Å². The van der Waals surface area contributed by atoms with Gasteiger partial charge in [0.1, 0.15) is 24.1 Å². The maximum atomic E-state index is 13.5. The highest BCUT2D eigenvalue weighted by Crippen LogP contribution is 2.35. The van der Waals surface area contributed by atoms with Crippen LogP contribution in [0.25, 0.3) is 0 Å². The van der Waals surface area contributed by atoms with Crippen molar-refractivity contribution < 1.29 is 18.9 Å². The molecule has 5 aromatic rings. The van der Waals surface area contributed by atoms with Gasteiger partial charge in [-0.3, -0.25) is 4.57 Å². The minimum absolute atomic E-state index is 0.259. The molecule has 0 amide bonds. The molecule has 2 heterocycles. The molecule has 0 spiro atoms. The third kappa shape index (κ3) is 8.32. The molecule has 6 rings (SSSR count). The van der Waals surface area contributed by atoms with E-state index in [0.717, 1.165) is 22.3 Å². The van der Waals surface area contributed by atoms with E-state index in [1.807, 2.05) is 121 Å². The fourth-order valence-electron chi connectivity index (χ4n) is 5.34. The summed E-state index contributed by atoms with van der Waals surface area (Å²) < 4.78 is 27.2. The molecule has 0 aliphatic carbocycles. The van der Waals surface area contributed by atoms with Crippen LogP contribution in [0.1, 0.15) is 28.5 Å². The minimum atomic E-state index is -0.775. The van der Waals surface area contributed by atoms with Crippen LogP contribution in [-0.4, -0.2) is 34.5 Å². The first-order valence-electron chi connectivity index (χ1n) is 15.2. The first kappa shape index (κ1) is 30.4. The molecule has 0 bridgehead atoms. The third-order valence-corrected chi connectivity index (χ3v) is 7.67. The van der Waals surface area contributed by atoms with E-state index in [0.29, 0.717) is 32.2 Å². The van der Waals surface area contributed by atoms with E-state index in [-0.39, 0.29) is 6.61 Å². The Morgan fingerprint density at radius 1 is 0.644 bits per heavy atom. The number of hydrogen-bond donors (Lipinski definition) is 1. The lowest BCUT2D eigenvalue weighted by Gasteiger charge is -2.25. The van der Waals surface area contributed by atoms with E-state index < -0.39 is 30.2 Å². The molecule has 4 unspecified atom stereocenters. The second kappa shape index (κ2) is 15.4. The smallest absolute Gasteiger partial charge is 0.351 e. The van der Waals surface area contributed by atoms with Gasteiger partial charge in [0.05, 0.1) is 26.4 Å². The molecule has 8 heteroatoms. The zero-order valence-corrected chi connectivity index (χ0v) is 25.0. The summed E-state index contributed by atoms with van der Waals surface area (Å²) in [5, 5.41) is 3.24. The van der Waals surface area contributed by atoms with Crippen molar-refractivity contribution in [3.63, 3.8) is 0 Å². The molecule has 1 aliphatic heterocycles. The van der Waals surface area contributed by atoms with E-state index in [9.17, 15) is 4.79 Å². The zero-order valence-electron chi connectivity index (χ0n) is 25.0. The molecule has 230 valence electrons. The Kier molecular flexibility index (Phi) is 10.4. The van der Waals surface area contributed by atoms with Crippen molar-refractivity contribution in [1.82, 2.24) is 9.55 Å². The fourth-order valence-corrected chi connectivity index (χ4v) is 5.34. The Hall–Kier alpha value is -4.60. The summed E-state index contributed by atoms with van der Waals surface area (Å²) >= 11 is 0. The zero-order chi connectivity index (χ0) is 30.7. The second-order valence-corrected chi connectivity index (χ2v) is 10.9. The van der Waals surface area contributed by atoms with Gasteiger partial charge in [0.2, 0.25) is 0 Å². The summed E-state index contributed by atoms with van der Waals surface area (Å²) in [7, 11) is 0. The minimum Gasteiger partial charge on any atom is -0.374 e. The average Bonchev–Trinajstić information content (AvgIpc) is 3.43. The molecule has 4 aromatic carbocycles. The highest BCUT2D eigenvalue weighted by Gasteiger charge is 2.48. The van der Waals surface area contributed by atoms with Gasteiger partial charge in [-0.25, -0.2) is 4.79 Å². The van der Waals surface area contributed by atoms with Gasteiger partial charge < -0.3 is 24.3 Å². The molecular weight excluding hydrogens is 566 g/mol. The van der Waals surface area contributed by atoms with Crippen LogP contribution in [0.5, 0.6) is 0 Å². The summed E-state index contributed by atoms with van der Waals surface area (Å²) in [5.41, 5.74) is 3.74. The van der Waals surface area contributed by atoms with Gasteiger partial charge in [-0.05, 0) is 28.3 Å². The lowest BCUT2D eigenvalue weighted by molar-refractivity contribution is -0.0921. The van der Waals surface area contributed by atoms with Crippen LogP contribution >= 0.6 is 0 Å². The van der Waals surface area contributed by atoms with E-state index in [4.69, 9.17) is 18.9 Å². The first-order chi connectivity index (χ1) is 22.2. The van der Waals surface area contributed by atoms with Gasteiger partial charge in [0, 0.05) is 12.7 Å². The van der Waals surface area contributed by atoms with E-state index in [1.165, 1.54) is 4.57 Å². The van der Waals surface area contributed by atoms with Gasteiger partial charge in [0.25, 0.3) is 0 Å². The van der Waals surface area contributed by atoms with Crippen molar-refractivity contribution in [1.29, 1.82) is 0 Å². The predicted molar refractivity (Wildman–Crippen MR) is 172 cm³/mol. The molecule has 0 radical (unpaired) electrons. The molecule has 1 fully saturated rings. The Morgan fingerprint density at radius 2 is 1.16 bits per heavy atom. The standard InChI is InChI=1S/C37H37N3O5/c41-37-39-33(38-23-28-13-5-1-6-14-28)21-22-40(37)36-35(44-26-31-19-11-4-12-20-31)34(43-25-30-17-9-3-10-18-30)32(45-36)27-42-24-29-15-7-2-8-16-29/h1-22,32,34-36H,23-27H2,(H,38,39,41). The number of aromatic nitrogens is 2. The van der Waals surface area contributed by atoms with Gasteiger partial charge in [-0.15, -0.1) is 0 Å². The Balaban J connectivity index is 1.24. The van der Waals surface area contributed by atoms with E-state index >= 15 is 0 Å². The highest BCUT2D eigenvalue weighted by atomic mass is 16.6. The number of nitrogens with zero attached hydrogens (tertiary/aromatic N) is 2. The highest BCUT2D eigenvalue weighted by molar-refractivity contribution is 5.33. The van der Waals surface area contributed by atoms with Crippen molar-refractivity contribution in [3.05, 3.63) is 166 Å². The summed E-state index contributed by atoms with van der Waals surface area (Å²) in [5.74, 6) is 0.486. The number of benzene rings is 4. The van der Waals surface area contributed by atoms with Gasteiger partial charge in [-0.1, -0.05) is 121 Å². The number of rotatable bonds is 14. The molecule has 8 nitrogen and oxygen atoms in total. The third-order valence-electron chi connectivity index (χ3n) is 7.67. The average molecular weight is 604 g/mol. The lowest BCUT2D eigenvalue weighted by Crippen LogP contribution is -2.40. The molecule has 45 heavy (non-hydrogen) atoms. The van der Waals surface area contributed by atoms with E-state index in [1.54, 1.807) is 12.3 Å². The molecule has 1 saturated heterocycles. The largest absolute Gasteiger partial charge is 0.374 e. The second-order valence-electron chi connectivity index (χ2n) is 10.9. The fraction of sp³-hybridized carbons (Fsp3) is 0.243. The topological polar surface area (TPSA) is 83.8 Å². The molecular formula is C37H37N3O5. The van der Waals surface area contributed by atoms with Crippen LogP contribution in [-0.2, 0) is 45.3 Å². The predicted octanol–water partition coefficient (Wildman–Crippen LogP) is 6.14.